The summed E-state index contributed by atoms with van der Waals surface area (Å²) in [5, 5.41) is 13.7. The lowest BCUT2D eigenvalue weighted by atomic mass is 10.1. The molecule has 0 bridgehead atoms. The van der Waals surface area contributed by atoms with E-state index in [0.717, 1.165) is 29.7 Å². The summed E-state index contributed by atoms with van der Waals surface area (Å²) < 4.78 is 1.80. The summed E-state index contributed by atoms with van der Waals surface area (Å²) in [6.45, 7) is 1.80. The van der Waals surface area contributed by atoms with Crippen molar-refractivity contribution in [1.82, 2.24) is 25.1 Å². The van der Waals surface area contributed by atoms with E-state index in [1.165, 1.54) is 10.4 Å². The molecule has 0 unspecified atom stereocenters. The fraction of sp³-hybridized carbons (Fsp3) is 0.273. The van der Waals surface area contributed by atoms with Gasteiger partial charge in [-0.25, -0.2) is 14.6 Å². The Morgan fingerprint density at radius 1 is 1.10 bits per heavy atom. The average molecular weight is 421 g/mol. The van der Waals surface area contributed by atoms with Crippen LogP contribution >= 0.6 is 11.3 Å². The predicted octanol–water partition coefficient (Wildman–Crippen LogP) is 3.64. The van der Waals surface area contributed by atoms with Gasteiger partial charge in [-0.1, -0.05) is 36.4 Å². The van der Waals surface area contributed by atoms with Crippen molar-refractivity contribution in [2.24, 2.45) is 0 Å². The van der Waals surface area contributed by atoms with Crippen LogP contribution in [-0.2, 0) is 24.3 Å². The van der Waals surface area contributed by atoms with Crippen LogP contribution in [0.1, 0.15) is 23.3 Å². The number of carbonyl (C=O) groups is 1. The normalized spacial score (nSPS) is 10.9. The molecule has 0 atom stereocenters. The van der Waals surface area contributed by atoms with E-state index < -0.39 is 0 Å². The summed E-state index contributed by atoms with van der Waals surface area (Å²) in [4.78, 5) is 22.1. The van der Waals surface area contributed by atoms with Crippen LogP contribution in [0.15, 0.2) is 60.4 Å². The Morgan fingerprint density at radius 3 is 2.83 bits per heavy atom. The Hall–Kier alpha value is -3.26. The Labute approximate surface area is 179 Å². The maximum absolute atomic E-state index is 12.1. The Morgan fingerprint density at radius 2 is 2.00 bits per heavy atom. The molecule has 1 amide bonds. The minimum atomic E-state index is 0.0651. The molecule has 0 saturated heterocycles. The van der Waals surface area contributed by atoms with Gasteiger partial charge in [-0.05, 0) is 29.9 Å². The van der Waals surface area contributed by atoms with Gasteiger partial charge in [-0.2, -0.15) is 5.10 Å². The molecule has 8 heteroatoms. The molecule has 1 aromatic carbocycles. The molecule has 154 valence electrons. The summed E-state index contributed by atoms with van der Waals surface area (Å²) >= 11 is 1.70. The summed E-state index contributed by atoms with van der Waals surface area (Å²) in [5.74, 6) is 0.833. The fourth-order valence-corrected chi connectivity index (χ4v) is 3.91. The van der Waals surface area contributed by atoms with Crippen LogP contribution in [0.25, 0.3) is 11.0 Å². The molecule has 0 aliphatic carbocycles. The minimum Gasteiger partial charge on any atom is -0.364 e. The summed E-state index contributed by atoms with van der Waals surface area (Å²) in [5.41, 5.74) is 2.02. The standard InChI is InChI=1S/C22H24N6OS/c29-20(10-4-8-17-6-2-1-3-7-17)23-11-12-28-22-19(15-27-28)21(25-16-26-22)24-14-18-9-5-13-30-18/h1-3,5-7,9,13,15-16H,4,8,10-12,14H2,(H,23,29)(H,24,25,26). The molecule has 0 spiro atoms. The van der Waals surface area contributed by atoms with E-state index in [0.29, 0.717) is 26.1 Å². The number of hydrogen-bond donors (Lipinski definition) is 2. The topological polar surface area (TPSA) is 84.7 Å². The summed E-state index contributed by atoms with van der Waals surface area (Å²) in [7, 11) is 0. The number of rotatable bonds is 10. The number of amides is 1. The third kappa shape index (κ3) is 5.21. The minimum absolute atomic E-state index is 0.0651. The second-order valence-corrected chi connectivity index (χ2v) is 7.98. The van der Waals surface area contributed by atoms with Gasteiger partial charge in [-0.15, -0.1) is 11.3 Å². The van der Waals surface area contributed by atoms with Gasteiger partial charge in [0.05, 0.1) is 24.7 Å². The van der Waals surface area contributed by atoms with Crippen LogP contribution in [0.4, 0.5) is 5.82 Å². The highest BCUT2D eigenvalue weighted by Crippen LogP contribution is 2.20. The molecule has 0 radical (unpaired) electrons. The smallest absolute Gasteiger partial charge is 0.220 e. The molecule has 0 saturated carbocycles. The molecule has 4 aromatic rings. The largest absolute Gasteiger partial charge is 0.364 e. The molecule has 3 aromatic heterocycles. The number of aryl methyl sites for hydroxylation is 1. The van der Waals surface area contributed by atoms with E-state index in [4.69, 9.17) is 0 Å². The van der Waals surface area contributed by atoms with Crippen molar-refractivity contribution < 1.29 is 4.79 Å². The van der Waals surface area contributed by atoms with Crippen LogP contribution in [0.3, 0.4) is 0 Å². The summed E-state index contributed by atoms with van der Waals surface area (Å²) in [6.07, 6.45) is 5.59. The van der Waals surface area contributed by atoms with Crippen molar-refractivity contribution in [2.75, 3.05) is 11.9 Å². The zero-order chi connectivity index (χ0) is 20.6. The van der Waals surface area contributed by atoms with Crippen molar-refractivity contribution in [3.8, 4) is 0 Å². The first-order valence-electron chi connectivity index (χ1n) is 10.0. The van der Waals surface area contributed by atoms with E-state index >= 15 is 0 Å². The maximum atomic E-state index is 12.1. The van der Waals surface area contributed by atoms with Gasteiger partial charge >= 0.3 is 0 Å². The number of carbonyl (C=O) groups excluding carboxylic acids is 1. The van der Waals surface area contributed by atoms with Crippen molar-refractivity contribution in [2.45, 2.75) is 32.4 Å². The highest BCUT2D eigenvalue weighted by atomic mass is 32.1. The second kappa shape index (κ2) is 9.98. The van der Waals surface area contributed by atoms with Gasteiger partial charge < -0.3 is 10.6 Å². The van der Waals surface area contributed by atoms with Crippen molar-refractivity contribution in [1.29, 1.82) is 0 Å². The highest BCUT2D eigenvalue weighted by molar-refractivity contribution is 7.09. The van der Waals surface area contributed by atoms with E-state index in [9.17, 15) is 4.79 Å². The van der Waals surface area contributed by atoms with Gasteiger partial charge in [0.1, 0.15) is 12.1 Å². The first-order chi connectivity index (χ1) is 14.8. The van der Waals surface area contributed by atoms with Crippen LogP contribution < -0.4 is 10.6 Å². The zero-order valence-electron chi connectivity index (χ0n) is 16.6. The van der Waals surface area contributed by atoms with Gasteiger partial charge in [0.25, 0.3) is 0 Å². The molecule has 30 heavy (non-hydrogen) atoms. The lowest BCUT2D eigenvalue weighted by Gasteiger charge is -2.07. The van der Waals surface area contributed by atoms with Crippen molar-refractivity contribution >= 4 is 34.1 Å². The number of thiophene rings is 1. The third-order valence-corrected chi connectivity index (χ3v) is 5.68. The number of nitrogens with zero attached hydrogens (tertiary/aromatic N) is 4. The first kappa shape index (κ1) is 20.0. The van der Waals surface area contributed by atoms with Crippen molar-refractivity contribution in [3.63, 3.8) is 0 Å². The van der Waals surface area contributed by atoms with Crippen LogP contribution in [0.5, 0.6) is 0 Å². The lowest BCUT2D eigenvalue weighted by Crippen LogP contribution is -2.27. The number of benzene rings is 1. The molecule has 2 N–H and O–H groups in total. The van der Waals surface area contributed by atoms with Crippen LogP contribution in [0.2, 0.25) is 0 Å². The number of fused-ring (bicyclic) bond motifs is 1. The number of hydrogen-bond acceptors (Lipinski definition) is 6. The maximum Gasteiger partial charge on any atom is 0.220 e. The second-order valence-electron chi connectivity index (χ2n) is 6.95. The number of anilines is 1. The molecule has 0 fully saturated rings. The van der Waals surface area contributed by atoms with Gasteiger partial charge in [0.15, 0.2) is 5.65 Å². The van der Waals surface area contributed by atoms with Crippen LogP contribution in [-0.4, -0.2) is 32.2 Å². The van der Waals surface area contributed by atoms with Crippen LogP contribution in [0, 0.1) is 0 Å². The monoisotopic (exact) mass is 420 g/mol. The zero-order valence-corrected chi connectivity index (χ0v) is 17.4. The van der Waals surface area contributed by atoms with E-state index in [-0.39, 0.29) is 5.91 Å². The third-order valence-electron chi connectivity index (χ3n) is 4.80. The van der Waals surface area contributed by atoms with E-state index in [1.807, 2.05) is 24.3 Å². The Balaban J connectivity index is 1.26. The van der Waals surface area contributed by atoms with Crippen molar-refractivity contribution in [3.05, 3.63) is 70.8 Å². The predicted molar refractivity (Wildman–Crippen MR) is 119 cm³/mol. The molecule has 4 rings (SSSR count). The average Bonchev–Trinajstić information content (AvgIpc) is 3.43. The molecular formula is C22H24N6OS. The van der Waals surface area contributed by atoms with Gasteiger partial charge in [0.2, 0.25) is 5.91 Å². The molecule has 0 aliphatic rings. The lowest BCUT2D eigenvalue weighted by molar-refractivity contribution is -0.121. The van der Waals surface area contributed by atoms with E-state index in [1.54, 1.807) is 28.5 Å². The van der Waals surface area contributed by atoms with Gasteiger partial charge in [-0.3, -0.25) is 4.79 Å². The molecule has 7 nitrogen and oxygen atoms in total. The van der Waals surface area contributed by atoms with Gasteiger partial charge in [0, 0.05) is 17.8 Å². The number of aromatic nitrogens is 4. The first-order valence-corrected chi connectivity index (χ1v) is 10.9. The molecular weight excluding hydrogens is 396 g/mol. The quantitative estimate of drug-likeness (QED) is 0.409. The molecule has 0 aliphatic heterocycles. The summed E-state index contributed by atoms with van der Waals surface area (Å²) in [6, 6.07) is 14.3. The Kier molecular flexibility index (Phi) is 6.66. The Bertz CT molecular complexity index is 1080. The fourth-order valence-electron chi connectivity index (χ4n) is 3.27. The number of nitrogens with one attached hydrogen (secondary N) is 2. The highest BCUT2D eigenvalue weighted by Gasteiger charge is 2.10. The molecule has 3 heterocycles. The SMILES string of the molecule is O=C(CCCc1ccccc1)NCCn1ncc2c(NCc3cccs3)ncnc21. The van der Waals surface area contributed by atoms with E-state index in [2.05, 4.69) is 49.3 Å².